The van der Waals surface area contributed by atoms with E-state index in [9.17, 15) is 22.8 Å². The number of thioether (sulfide) groups is 1. The topological polar surface area (TPSA) is 100 Å². The fourth-order valence-corrected chi connectivity index (χ4v) is 4.86. The Balaban J connectivity index is 0.000000504. The molecule has 1 saturated heterocycles. The number of aromatic nitrogens is 1. The highest BCUT2D eigenvalue weighted by Gasteiger charge is 2.32. The Labute approximate surface area is 249 Å². The number of hydrogen-bond donors (Lipinski definition) is 3. The van der Waals surface area contributed by atoms with E-state index in [1.165, 1.54) is 29.2 Å². The quantitative estimate of drug-likeness (QED) is 0.242. The molecule has 41 heavy (non-hydrogen) atoms. The lowest BCUT2D eigenvalue weighted by Gasteiger charge is -2.22. The van der Waals surface area contributed by atoms with Crippen LogP contribution in [0.15, 0.2) is 47.8 Å². The molecule has 0 aliphatic carbocycles. The highest BCUT2D eigenvalue weighted by molar-refractivity contribution is 8.03. The van der Waals surface area contributed by atoms with E-state index in [1.807, 2.05) is 32.6 Å². The minimum Gasteiger partial charge on any atom is -0.394 e. The van der Waals surface area contributed by atoms with Crippen molar-refractivity contribution in [3.63, 3.8) is 0 Å². The van der Waals surface area contributed by atoms with Gasteiger partial charge in [0, 0.05) is 30.9 Å². The van der Waals surface area contributed by atoms with Crippen LogP contribution in [0.25, 0.3) is 0 Å². The number of carbonyl (C=O) groups is 2. The van der Waals surface area contributed by atoms with Gasteiger partial charge in [-0.1, -0.05) is 45.2 Å². The molecule has 2 aromatic rings. The van der Waals surface area contributed by atoms with Crippen molar-refractivity contribution in [3.05, 3.63) is 64.1 Å². The van der Waals surface area contributed by atoms with Gasteiger partial charge in [-0.15, -0.1) is 17.9 Å². The van der Waals surface area contributed by atoms with E-state index in [0.717, 1.165) is 62.5 Å². The first-order valence-corrected chi connectivity index (χ1v) is 15.4. The number of rotatable bonds is 10. The zero-order valence-corrected chi connectivity index (χ0v) is 25.9. The number of amides is 2. The lowest BCUT2D eigenvalue weighted by Crippen LogP contribution is -2.25. The van der Waals surface area contributed by atoms with Crippen molar-refractivity contribution in [1.29, 1.82) is 0 Å². The first-order valence-electron chi connectivity index (χ1n) is 13.5. The highest BCUT2D eigenvalue weighted by atomic mass is 32.2. The fourth-order valence-electron chi connectivity index (χ4n) is 3.50. The van der Waals surface area contributed by atoms with Gasteiger partial charge in [0.2, 0.25) is 5.91 Å². The number of nitrogens with one attached hydrogen (secondary N) is 2. The van der Waals surface area contributed by atoms with Crippen LogP contribution in [0.5, 0.6) is 0 Å². The van der Waals surface area contributed by atoms with Gasteiger partial charge >= 0.3 is 6.18 Å². The number of alkyl halides is 3. The van der Waals surface area contributed by atoms with Gasteiger partial charge in [-0.05, 0) is 50.8 Å². The third-order valence-electron chi connectivity index (χ3n) is 5.77. The van der Waals surface area contributed by atoms with Crippen molar-refractivity contribution in [3.8, 4) is 0 Å². The molecule has 4 N–H and O–H groups in total. The molecule has 7 nitrogen and oxygen atoms in total. The fraction of sp³-hybridized carbons (Fsp3) is 0.483. The van der Waals surface area contributed by atoms with Gasteiger partial charge in [0.1, 0.15) is 5.69 Å². The van der Waals surface area contributed by atoms with Gasteiger partial charge in [-0.25, -0.2) is 4.98 Å². The van der Waals surface area contributed by atoms with E-state index >= 15 is 0 Å². The molecule has 2 amide bonds. The maximum absolute atomic E-state index is 13.1. The summed E-state index contributed by atoms with van der Waals surface area (Å²) in [7, 11) is 0. The predicted octanol–water partition coefficient (Wildman–Crippen LogP) is 7.40. The molecule has 1 fully saturated rings. The Hall–Kier alpha value is -2.99. The number of halogens is 3. The van der Waals surface area contributed by atoms with E-state index in [4.69, 9.17) is 5.73 Å². The Kier molecular flexibility index (Phi) is 16.2. The van der Waals surface area contributed by atoms with E-state index < -0.39 is 17.6 Å². The summed E-state index contributed by atoms with van der Waals surface area (Å²) in [6.07, 6.45) is 1.12. The van der Waals surface area contributed by atoms with Crippen molar-refractivity contribution < 1.29 is 22.8 Å². The summed E-state index contributed by atoms with van der Waals surface area (Å²) in [5.41, 5.74) is 5.51. The number of nitrogens with two attached hydrogens (primary N) is 1. The third-order valence-corrected chi connectivity index (χ3v) is 7.62. The van der Waals surface area contributed by atoms with Crippen molar-refractivity contribution in [2.45, 2.75) is 65.5 Å². The van der Waals surface area contributed by atoms with Crippen LogP contribution in [-0.2, 0) is 11.0 Å². The molecule has 1 aliphatic heterocycles. The SMILES string of the molecule is C=C(N)SCC(=O)NCCC.C=CC.CCC(C)c1nc(C(=O)Nc2cc(C(F)(F)F)ccc2N2CCCC2)cs1. The maximum Gasteiger partial charge on any atom is 0.416 e. The molecule has 2 heterocycles. The van der Waals surface area contributed by atoms with Crippen LogP contribution in [-0.4, -0.2) is 42.2 Å². The molecular formula is C29H42F3N5O2S2. The standard InChI is InChI=1S/C19H22F3N3OS.C7H14N2OS.C3H6/c1-3-12(2)18-24-15(11-27-18)17(26)23-14-10-13(19(20,21)22)6-7-16(14)25-8-4-5-9-25;1-3-4-9-7(10)5-11-6(2)8;1-3-2/h6-7,10-12H,3-5,8-9H2,1-2H3,(H,23,26);2-5,8H2,1H3,(H,9,10);3H,1H2,2H3. The van der Waals surface area contributed by atoms with Crippen molar-refractivity contribution >= 4 is 46.3 Å². The molecule has 1 aromatic carbocycles. The monoisotopic (exact) mass is 613 g/mol. The molecule has 1 aromatic heterocycles. The summed E-state index contributed by atoms with van der Waals surface area (Å²) in [5, 5.41) is 8.37. The van der Waals surface area contributed by atoms with E-state index in [2.05, 4.69) is 28.8 Å². The zero-order valence-electron chi connectivity index (χ0n) is 24.3. The largest absolute Gasteiger partial charge is 0.416 e. The van der Waals surface area contributed by atoms with Crippen LogP contribution in [0.3, 0.4) is 0 Å². The van der Waals surface area contributed by atoms with Gasteiger partial charge in [0.15, 0.2) is 0 Å². The second kappa shape index (κ2) is 18.4. The van der Waals surface area contributed by atoms with Gasteiger partial charge < -0.3 is 21.3 Å². The molecular weight excluding hydrogens is 571 g/mol. The summed E-state index contributed by atoms with van der Waals surface area (Å²) in [4.78, 5) is 29.8. The highest BCUT2D eigenvalue weighted by Crippen LogP contribution is 2.37. The van der Waals surface area contributed by atoms with Crippen LogP contribution >= 0.6 is 23.1 Å². The number of nitrogens with zero attached hydrogens (tertiary/aromatic N) is 2. The average molecular weight is 614 g/mol. The Morgan fingerprint density at radius 1 is 1.27 bits per heavy atom. The summed E-state index contributed by atoms with van der Waals surface area (Å²) in [5.74, 6) is 0.143. The Morgan fingerprint density at radius 2 is 1.90 bits per heavy atom. The predicted molar refractivity (Wildman–Crippen MR) is 167 cm³/mol. The zero-order chi connectivity index (χ0) is 31.0. The van der Waals surface area contributed by atoms with Crippen LogP contribution < -0.4 is 21.3 Å². The number of benzene rings is 1. The number of anilines is 2. The molecule has 3 rings (SSSR count). The molecule has 1 atom stereocenters. The number of carbonyl (C=O) groups excluding carboxylic acids is 2. The van der Waals surface area contributed by atoms with Gasteiger partial charge in [-0.3, -0.25) is 9.59 Å². The molecule has 228 valence electrons. The van der Waals surface area contributed by atoms with Crippen molar-refractivity contribution in [1.82, 2.24) is 10.3 Å². The Bertz CT molecular complexity index is 1130. The number of hydrogen-bond acceptors (Lipinski definition) is 7. The lowest BCUT2D eigenvalue weighted by atomic mass is 10.1. The molecule has 0 saturated carbocycles. The normalized spacial score (nSPS) is 13.2. The Morgan fingerprint density at radius 3 is 2.44 bits per heavy atom. The maximum atomic E-state index is 13.1. The van der Waals surface area contributed by atoms with Crippen molar-refractivity contribution in [2.75, 3.05) is 35.6 Å². The lowest BCUT2D eigenvalue weighted by molar-refractivity contribution is -0.137. The van der Waals surface area contributed by atoms with Crippen LogP contribution in [0.4, 0.5) is 24.5 Å². The average Bonchev–Trinajstić information content (AvgIpc) is 3.64. The molecule has 0 bridgehead atoms. The third kappa shape index (κ3) is 13.0. The smallest absolute Gasteiger partial charge is 0.394 e. The summed E-state index contributed by atoms with van der Waals surface area (Å²) in [6.45, 7) is 17.1. The molecule has 12 heteroatoms. The second-order valence-electron chi connectivity index (χ2n) is 9.27. The van der Waals surface area contributed by atoms with Crippen LogP contribution in [0.1, 0.15) is 80.4 Å². The molecule has 1 aliphatic rings. The summed E-state index contributed by atoms with van der Waals surface area (Å²) >= 11 is 2.66. The summed E-state index contributed by atoms with van der Waals surface area (Å²) in [6, 6.07) is 3.51. The van der Waals surface area contributed by atoms with Crippen LogP contribution in [0.2, 0.25) is 0 Å². The number of thiazole rings is 1. The van der Waals surface area contributed by atoms with Crippen molar-refractivity contribution in [2.24, 2.45) is 5.73 Å². The van der Waals surface area contributed by atoms with E-state index in [1.54, 1.807) is 11.5 Å². The molecule has 1 unspecified atom stereocenters. The minimum absolute atomic E-state index is 0.0171. The van der Waals surface area contributed by atoms with Crippen LogP contribution in [0, 0.1) is 0 Å². The summed E-state index contributed by atoms with van der Waals surface area (Å²) < 4.78 is 39.4. The van der Waals surface area contributed by atoms with Gasteiger partial charge in [0.25, 0.3) is 5.91 Å². The molecule has 0 radical (unpaired) electrons. The molecule has 0 spiro atoms. The minimum atomic E-state index is -4.46. The first-order chi connectivity index (χ1) is 19.4. The van der Waals surface area contributed by atoms with Gasteiger partial charge in [-0.2, -0.15) is 13.2 Å². The first kappa shape index (κ1) is 36.0. The van der Waals surface area contributed by atoms with Gasteiger partial charge in [0.05, 0.1) is 32.7 Å². The number of allylic oxidation sites excluding steroid dienone is 1. The van der Waals surface area contributed by atoms with E-state index in [0.29, 0.717) is 16.5 Å². The van der Waals surface area contributed by atoms with E-state index in [-0.39, 0.29) is 23.2 Å². The second-order valence-corrected chi connectivity index (χ2v) is 11.3.